The van der Waals surface area contributed by atoms with Gasteiger partial charge in [0.05, 0.1) is 11.6 Å². The summed E-state index contributed by atoms with van der Waals surface area (Å²) in [5.41, 5.74) is -1.19. The third kappa shape index (κ3) is 9.01. The molecule has 0 saturated heterocycles. The van der Waals surface area contributed by atoms with E-state index in [-0.39, 0.29) is 42.0 Å². The van der Waals surface area contributed by atoms with Gasteiger partial charge in [0.2, 0.25) is 5.91 Å². The highest BCUT2D eigenvalue weighted by atomic mass is 127. The topological polar surface area (TPSA) is 69.6 Å². The van der Waals surface area contributed by atoms with Crippen LogP contribution in [0.3, 0.4) is 0 Å². The number of aromatic nitrogens is 1. The molecule has 0 atom stereocenters. The molecule has 0 bridgehead atoms. The number of alkyl halides is 3. The lowest BCUT2D eigenvalue weighted by molar-refractivity contribution is -0.140. The number of hydrogen-bond acceptors (Lipinski definition) is 4. The second-order valence-electron chi connectivity index (χ2n) is 6.50. The molecule has 26 heavy (non-hydrogen) atoms. The minimum atomic E-state index is -4.42. The van der Waals surface area contributed by atoms with Crippen LogP contribution in [0.2, 0.25) is 0 Å². The van der Waals surface area contributed by atoms with Gasteiger partial charge in [0, 0.05) is 38.0 Å². The number of amides is 1. The molecule has 0 aromatic carbocycles. The van der Waals surface area contributed by atoms with E-state index in [1.807, 2.05) is 20.8 Å². The van der Waals surface area contributed by atoms with Crippen molar-refractivity contribution in [3.63, 3.8) is 0 Å². The van der Waals surface area contributed by atoms with Gasteiger partial charge in [-0.2, -0.15) is 13.2 Å². The largest absolute Gasteiger partial charge is 0.434 e. The summed E-state index contributed by atoms with van der Waals surface area (Å²) in [5, 5.41) is 7.26. The highest BCUT2D eigenvalue weighted by Gasteiger charge is 2.33. The van der Waals surface area contributed by atoms with Crippen LogP contribution in [-0.2, 0) is 17.4 Å². The van der Waals surface area contributed by atoms with E-state index in [1.54, 1.807) is 19.0 Å². The summed E-state index contributed by atoms with van der Waals surface area (Å²) in [6.45, 7) is 6.15. The van der Waals surface area contributed by atoms with Crippen molar-refractivity contribution in [3.05, 3.63) is 16.1 Å². The minimum absolute atomic E-state index is 0. The Bertz CT molecular complexity index is 613. The van der Waals surface area contributed by atoms with Crippen molar-refractivity contribution in [1.82, 2.24) is 20.5 Å². The van der Waals surface area contributed by atoms with Gasteiger partial charge in [-0.05, 0) is 20.8 Å². The Morgan fingerprint density at radius 3 is 2.42 bits per heavy atom. The Balaban J connectivity index is 0.00000625. The number of thiazole rings is 1. The molecule has 1 amide bonds. The Morgan fingerprint density at radius 1 is 1.35 bits per heavy atom. The quantitative estimate of drug-likeness (QED) is 0.366. The molecular formula is C15H25F3IN5OS. The molecule has 0 saturated carbocycles. The first-order valence-corrected chi connectivity index (χ1v) is 8.54. The maximum absolute atomic E-state index is 12.5. The summed E-state index contributed by atoms with van der Waals surface area (Å²) in [6, 6.07) is 0. The van der Waals surface area contributed by atoms with Crippen molar-refractivity contribution in [2.24, 2.45) is 4.99 Å². The highest BCUT2D eigenvalue weighted by Crippen LogP contribution is 2.29. The average molecular weight is 507 g/mol. The average Bonchev–Trinajstić information content (AvgIpc) is 2.90. The zero-order chi connectivity index (χ0) is 19.3. The van der Waals surface area contributed by atoms with Crippen LogP contribution >= 0.6 is 35.3 Å². The number of nitrogens with one attached hydrogen (secondary N) is 2. The first kappa shape index (κ1) is 24.9. The minimum Gasteiger partial charge on any atom is -0.356 e. The van der Waals surface area contributed by atoms with Gasteiger partial charge in [-0.25, -0.2) is 4.98 Å². The molecule has 2 N–H and O–H groups in total. The normalized spacial score (nSPS) is 12.4. The lowest BCUT2D eigenvalue weighted by atomic mass is 10.1. The van der Waals surface area contributed by atoms with Crippen molar-refractivity contribution < 1.29 is 18.0 Å². The van der Waals surface area contributed by atoms with Gasteiger partial charge >= 0.3 is 6.18 Å². The number of nitrogens with zero attached hydrogens (tertiary/aromatic N) is 3. The van der Waals surface area contributed by atoms with Crippen LogP contribution in [0, 0.1) is 0 Å². The molecule has 11 heteroatoms. The summed E-state index contributed by atoms with van der Waals surface area (Å²) in [5.74, 6) is 0.337. The van der Waals surface area contributed by atoms with Crippen LogP contribution in [0.25, 0.3) is 0 Å². The smallest absolute Gasteiger partial charge is 0.356 e. The molecule has 0 spiro atoms. The molecule has 6 nitrogen and oxygen atoms in total. The van der Waals surface area contributed by atoms with Gasteiger partial charge < -0.3 is 15.5 Å². The van der Waals surface area contributed by atoms with E-state index in [0.717, 1.165) is 16.7 Å². The molecular weight excluding hydrogens is 482 g/mol. The number of carbonyl (C=O) groups excluding carboxylic acids is 1. The van der Waals surface area contributed by atoms with Gasteiger partial charge in [0.15, 0.2) is 11.7 Å². The van der Waals surface area contributed by atoms with Gasteiger partial charge in [-0.15, -0.1) is 35.3 Å². The van der Waals surface area contributed by atoms with Crippen molar-refractivity contribution in [2.45, 2.75) is 38.9 Å². The maximum Gasteiger partial charge on any atom is 0.434 e. The predicted molar refractivity (Wildman–Crippen MR) is 108 cm³/mol. The number of guanidine groups is 1. The van der Waals surface area contributed by atoms with Crippen molar-refractivity contribution in [3.8, 4) is 0 Å². The first-order chi connectivity index (χ1) is 11.4. The molecule has 0 unspecified atom stereocenters. The third-order valence-electron chi connectivity index (χ3n) is 2.93. The standard InChI is InChI=1S/C15H24F3N5OS.HI/c1-14(2,3)22-11(24)8-23(5)13(19-4)20-7-6-12-21-10(9-25-12)15(16,17)18;/h9H,6-8H2,1-5H3,(H,19,20)(H,22,24);1H. The Labute approximate surface area is 172 Å². The van der Waals surface area contributed by atoms with E-state index < -0.39 is 11.9 Å². The molecule has 0 aliphatic heterocycles. The molecule has 1 aromatic rings. The monoisotopic (exact) mass is 507 g/mol. The van der Waals surface area contributed by atoms with Crippen LogP contribution in [-0.4, -0.2) is 54.5 Å². The van der Waals surface area contributed by atoms with Crippen LogP contribution in [0.5, 0.6) is 0 Å². The summed E-state index contributed by atoms with van der Waals surface area (Å²) in [7, 11) is 3.29. The van der Waals surface area contributed by atoms with Gasteiger partial charge in [0.1, 0.15) is 0 Å². The highest BCUT2D eigenvalue weighted by molar-refractivity contribution is 14.0. The van der Waals surface area contributed by atoms with Crippen LogP contribution < -0.4 is 10.6 Å². The first-order valence-electron chi connectivity index (χ1n) is 7.67. The van der Waals surface area contributed by atoms with Crippen LogP contribution in [0.1, 0.15) is 31.5 Å². The van der Waals surface area contributed by atoms with E-state index in [1.165, 1.54) is 0 Å². The number of likely N-dealkylation sites (N-methyl/N-ethyl adjacent to an activating group) is 1. The molecule has 1 aromatic heterocycles. The van der Waals surface area contributed by atoms with Gasteiger partial charge in [-0.3, -0.25) is 9.79 Å². The summed E-state index contributed by atoms with van der Waals surface area (Å²) >= 11 is 0.972. The number of carbonyl (C=O) groups is 1. The number of aliphatic imine (C=N–C) groups is 1. The van der Waals surface area contributed by atoms with E-state index in [2.05, 4.69) is 20.6 Å². The SMILES string of the molecule is CN=C(NCCc1nc(C(F)(F)F)cs1)N(C)CC(=O)NC(C)(C)C.I. The number of rotatable bonds is 5. The molecule has 150 valence electrons. The second-order valence-corrected chi connectivity index (χ2v) is 7.45. The molecule has 0 radical (unpaired) electrons. The molecule has 1 heterocycles. The number of hydrogen-bond donors (Lipinski definition) is 2. The lowest BCUT2D eigenvalue weighted by Gasteiger charge is -2.25. The number of halogens is 4. The Kier molecular flexibility index (Phi) is 9.84. The van der Waals surface area contributed by atoms with Crippen LogP contribution in [0.15, 0.2) is 10.4 Å². The van der Waals surface area contributed by atoms with E-state index >= 15 is 0 Å². The summed E-state index contributed by atoms with van der Waals surface area (Å²) in [6.07, 6.45) is -4.08. The summed E-state index contributed by atoms with van der Waals surface area (Å²) < 4.78 is 37.5. The zero-order valence-electron chi connectivity index (χ0n) is 15.4. The molecule has 0 aliphatic carbocycles. The van der Waals surface area contributed by atoms with Crippen molar-refractivity contribution >= 4 is 47.2 Å². The van der Waals surface area contributed by atoms with E-state index in [4.69, 9.17) is 0 Å². The predicted octanol–water partition coefficient (Wildman–Crippen LogP) is 2.74. The Hall–Kier alpha value is -1.11. The maximum atomic E-state index is 12.5. The van der Waals surface area contributed by atoms with E-state index in [0.29, 0.717) is 23.9 Å². The summed E-state index contributed by atoms with van der Waals surface area (Å²) in [4.78, 5) is 21.2. The second kappa shape index (κ2) is 10.3. The lowest BCUT2D eigenvalue weighted by Crippen LogP contribution is -2.49. The van der Waals surface area contributed by atoms with E-state index in [9.17, 15) is 18.0 Å². The van der Waals surface area contributed by atoms with Gasteiger partial charge in [0.25, 0.3) is 0 Å². The fraction of sp³-hybridized carbons (Fsp3) is 0.667. The molecule has 1 rings (SSSR count). The third-order valence-corrected chi connectivity index (χ3v) is 3.84. The van der Waals surface area contributed by atoms with Gasteiger partial charge in [-0.1, -0.05) is 0 Å². The zero-order valence-corrected chi connectivity index (χ0v) is 18.5. The Morgan fingerprint density at radius 2 is 1.96 bits per heavy atom. The fourth-order valence-corrected chi connectivity index (χ4v) is 2.77. The molecule has 0 fully saturated rings. The fourth-order valence-electron chi connectivity index (χ4n) is 1.97. The van der Waals surface area contributed by atoms with Crippen molar-refractivity contribution in [2.75, 3.05) is 27.2 Å². The van der Waals surface area contributed by atoms with Crippen LogP contribution in [0.4, 0.5) is 13.2 Å². The van der Waals surface area contributed by atoms with Crippen molar-refractivity contribution in [1.29, 1.82) is 0 Å². The molecule has 0 aliphatic rings.